The van der Waals surface area contributed by atoms with Gasteiger partial charge >= 0.3 is 0 Å². The second-order valence-electron chi connectivity index (χ2n) is 6.92. The SMILES string of the molecule is CC(=O)NC(C)C(=O)NCc1ccc(CN2CCC(C)CC2)cc1. The molecule has 2 rings (SSSR count). The van der Waals surface area contributed by atoms with Crippen LogP contribution in [0.1, 0.15) is 44.7 Å². The molecule has 0 saturated carbocycles. The molecule has 1 atom stereocenters. The van der Waals surface area contributed by atoms with E-state index in [1.807, 2.05) is 0 Å². The van der Waals surface area contributed by atoms with Gasteiger partial charge in [-0.25, -0.2) is 0 Å². The van der Waals surface area contributed by atoms with Crippen LogP contribution in [0.15, 0.2) is 24.3 Å². The largest absolute Gasteiger partial charge is 0.350 e. The third-order valence-corrected chi connectivity index (χ3v) is 4.59. The van der Waals surface area contributed by atoms with Gasteiger partial charge in [0, 0.05) is 20.0 Å². The minimum atomic E-state index is -0.511. The molecule has 2 N–H and O–H groups in total. The first-order valence-electron chi connectivity index (χ1n) is 8.79. The molecule has 5 heteroatoms. The molecule has 0 radical (unpaired) electrons. The van der Waals surface area contributed by atoms with Crippen LogP contribution in [0.5, 0.6) is 0 Å². The molecule has 1 fully saturated rings. The Bertz CT molecular complexity index is 548. The second-order valence-corrected chi connectivity index (χ2v) is 6.92. The molecule has 132 valence electrons. The van der Waals surface area contributed by atoms with Crippen molar-refractivity contribution in [3.8, 4) is 0 Å². The van der Waals surface area contributed by atoms with Gasteiger partial charge in [-0.1, -0.05) is 31.2 Å². The lowest BCUT2D eigenvalue weighted by molar-refractivity contribution is -0.127. The van der Waals surface area contributed by atoms with E-state index in [-0.39, 0.29) is 11.8 Å². The number of piperidine rings is 1. The van der Waals surface area contributed by atoms with Crippen molar-refractivity contribution >= 4 is 11.8 Å². The Labute approximate surface area is 144 Å². The summed E-state index contributed by atoms with van der Waals surface area (Å²) < 4.78 is 0. The standard InChI is InChI=1S/C19H29N3O2/c1-14-8-10-22(11-9-14)13-18-6-4-17(5-7-18)12-20-19(24)15(2)21-16(3)23/h4-7,14-15H,8-13H2,1-3H3,(H,20,24)(H,21,23). The fourth-order valence-electron chi connectivity index (χ4n) is 2.95. The molecule has 0 bridgehead atoms. The summed E-state index contributed by atoms with van der Waals surface area (Å²) in [7, 11) is 0. The molecule has 1 aliphatic heterocycles. The molecule has 1 unspecified atom stereocenters. The molecule has 1 heterocycles. The van der Waals surface area contributed by atoms with Gasteiger partial charge in [-0.3, -0.25) is 14.5 Å². The predicted molar refractivity (Wildman–Crippen MR) is 95.2 cm³/mol. The molecular formula is C19H29N3O2. The normalized spacial score (nSPS) is 17.3. The van der Waals surface area contributed by atoms with Gasteiger partial charge in [-0.05, 0) is 49.9 Å². The van der Waals surface area contributed by atoms with E-state index in [1.165, 1.54) is 38.4 Å². The van der Waals surface area contributed by atoms with Crippen molar-refractivity contribution in [2.45, 2.75) is 52.7 Å². The third-order valence-electron chi connectivity index (χ3n) is 4.59. The van der Waals surface area contributed by atoms with Crippen molar-refractivity contribution in [1.29, 1.82) is 0 Å². The van der Waals surface area contributed by atoms with Crippen LogP contribution in [-0.2, 0) is 22.7 Å². The molecular weight excluding hydrogens is 302 g/mol. The first kappa shape index (κ1) is 18.5. The van der Waals surface area contributed by atoms with E-state index in [2.05, 4.69) is 46.7 Å². The summed E-state index contributed by atoms with van der Waals surface area (Å²) in [5.41, 5.74) is 2.38. The van der Waals surface area contributed by atoms with Crippen LogP contribution in [0.4, 0.5) is 0 Å². The zero-order chi connectivity index (χ0) is 17.5. The zero-order valence-corrected chi connectivity index (χ0v) is 15.0. The van der Waals surface area contributed by atoms with Gasteiger partial charge < -0.3 is 10.6 Å². The number of hydrogen-bond donors (Lipinski definition) is 2. The Balaban J connectivity index is 1.77. The van der Waals surface area contributed by atoms with E-state index < -0.39 is 6.04 Å². The van der Waals surface area contributed by atoms with Crippen LogP contribution < -0.4 is 10.6 Å². The molecule has 1 aliphatic rings. The number of nitrogens with zero attached hydrogens (tertiary/aromatic N) is 1. The highest BCUT2D eigenvalue weighted by molar-refractivity contribution is 5.86. The minimum absolute atomic E-state index is 0.170. The number of carbonyl (C=O) groups is 2. The van der Waals surface area contributed by atoms with Crippen molar-refractivity contribution in [3.63, 3.8) is 0 Å². The van der Waals surface area contributed by atoms with Gasteiger partial charge in [0.25, 0.3) is 0 Å². The average Bonchev–Trinajstić information content (AvgIpc) is 2.55. The number of hydrogen-bond acceptors (Lipinski definition) is 3. The summed E-state index contributed by atoms with van der Waals surface area (Å²) in [6, 6.07) is 7.88. The molecule has 1 aromatic rings. The molecule has 1 saturated heterocycles. The number of amides is 2. The number of rotatable bonds is 6. The van der Waals surface area contributed by atoms with Gasteiger partial charge in [-0.15, -0.1) is 0 Å². The van der Waals surface area contributed by atoms with E-state index in [1.54, 1.807) is 6.92 Å². The lowest BCUT2D eigenvalue weighted by atomic mass is 9.99. The highest BCUT2D eigenvalue weighted by Crippen LogP contribution is 2.18. The first-order chi connectivity index (χ1) is 11.4. The average molecular weight is 331 g/mol. The Morgan fingerprint density at radius 3 is 2.33 bits per heavy atom. The Morgan fingerprint density at radius 2 is 1.75 bits per heavy atom. The minimum Gasteiger partial charge on any atom is -0.350 e. The molecule has 1 aromatic carbocycles. The van der Waals surface area contributed by atoms with Crippen molar-refractivity contribution in [2.24, 2.45) is 5.92 Å². The number of likely N-dealkylation sites (tertiary alicyclic amines) is 1. The van der Waals surface area contributed by atoms with Crippen molar-refractivity contribution in [1.82, 2.24) is 15.5 Å². The van der Waals surface area contributed by atoms with Crippen molar-refractivity contribution in [3.05, 3.63) is 35.4 Å². The Hall–Kier alpha value is -1.88. The Kier molecular flexibility index (Phi) is 6.79. The molecule has 5 nitrogen and oxygen atoms in total. The molecule has 0 aromatic heterocycles. The smallest absolute Gasteiger partial charge is 0.242 e. The summed E-state index contributed by atoms with van der Waals surface area (Å²) in [5.74, 6) is 0.484. The van der Waals surface area contributed by atoms with Crippen LogP contribution in [0.25, 0.3) is 0 Å². The topological polar surface area (TPSA) is 61.4 Å². The summed E-state index contributed by atoms with van der Waals surface area (Å²) in [5, 5.41) is 5.43. The highest BCUT2D eigenvalue weighted by atomic mass is 16.2. The zero-order valence-electron chi connectivity index (χ0n) is 15.0. The van der Waals surface area contributed by atoms with E-state index in [9.17, 15) is 9.59 Å². The van der Waals surface area contributed by atoms with E-state index in [4.69, 9.17) is 0 Å². The fourth-order valence-corrected chi connectivity index (χ4v) is 2.95. The van der Waals surface area contributed by atoms with E-state index in [0.29, 0.717) is 6.54 Å². The first-order valence-corrected chi connectivity index (χ1v) is 8.79. The van der Waals surface area contributed by atoms with Crippen LogP contribution in [-0.4, -0.2) is 35.8 Å². The quantitative estimate of drug-likeness (QED) is 0.839. The van der Waals surface area contributed by atoms with E-state index in [0.717, 1.165) is 18.0 Å². The fraction of sp³-hybridized carbons (Fsp3) is 0.579. The van der Waals surface area contributed by atoms with Crippen LogP contribution in [0, 0.1) is 5.92 Å². The lowest BCUT2D eigenvalue weighted by Crippen LogP contribution is -2.43. The molecule has 2 amide bonds. The molecule has 0 spiro atoms. The summed E-state index contributed by atoms with van der Waals surface area (Å²) in [6.07, 6.45) is 2.58. The molecule has 24 heavy (non-hydrogen) atoms. The monoisotopic (exact) mass is 331 g/mol. The maximum atomic E-state index is 11.9. The summed E-state index contributed by atoms with van der Waals surface area (Å²) in [6.45, 7) is 9.25. The van der Waals surface area contributed by atoms with Gasteiger partial charge in [0.15, 0.2) is 0 Å². The van der Waals surface area contributed by atoms with Crippen molar-refractivity contribution in [2.75, 3.05) is 13.1 Å². The van der Waals surface area contributed by atoms with Gasteiger partial charge in [0.1, 0.15) is 6.04 Å². The van der Waals surface area contributed by atoms with Crippen LogP contribution in [0.3, 0.4) is 0 Å². The number of nitrogens with one attached hydrogen (secondary N) is 2. The van der Waals surface area contributed by atoms with Gasteiger partial charge in [0.05, 0.1) is 0 Å². The highest BCUT2D eigenvalue weighted by Gasteiger charge is 2.16. The maximum absolute atomic E-state index is 11.9. The maximum Gasteiger partial charge on any atom is 0.242 e. The lowest BCUT2D eigenvalue weighted by Gasteiger charge is -2.30. The van der Waals surface area contributed by atoms with E-state index >= 15 is 0 Å². The third kappa shape index (κ3) is 5.96. The van der Waals surface area contributed by atoms with Crippen LogP contribution in [0.2, 0.25) is 0 Å². The van der Waals surface area contributed by atoms with Gasteiger partial charge in [-0.2, -0.15) is 0 Å². The second kappa shape index (κ2) is 8.83. The summed E-state index contributed by atoms with van der Waals surface area (Å²) >= 11 is 0. The number of benzene rings is 1. The number of carbonyl (C=O) groups excluding carboxylic acids is 2. The van der Waals surface area contributed by atoms with Crippen LogP contribution >= 0.6 is 0 Å². The molecule has 0 aliphatic carbocycles. The Morgan fingerprint density at radius 1 is 1.17 bits per heavy atom. The summed E-state index contributed by atoms with van der Waals surface area (Å²) in [4.78, 5) is 25.3. The van der Waals surface area contributed by atoms with Gasteiger partial charge in [0.2, 0.25) is 11.8 Å². The predicted octanol–water partition coefficient (Wildman–Crippen LogP) is 2.06. The van der Waals surface area contributed by atoms with Crippen molar-refractivity contribution < 1.29 is 9.59 Å².